The third-order valence-corrected chi connectivity index (χ3v) is 3.61. The first-order chi connectivity index (χ1) is 6.75. The monoisotopic (exact) mass is 317 g/mol. The van der Waals surface area contributed by atoms with E-state index in [0.29, 0.717) is 0 Å². The maximum atomic E-state index is 3.53. The van der Waals surface area contributed by atoms with Crippen molar-refractivity contribution >= 4 is 31.9 Å². The fraction of sp³-hybridized carbons (Fsp3) is 0.455. The second-order valence-corrected chi connectivity index (χ2v) is 5.56. The molecule has 0 bridgehead atoms. The van der Waals surface area contributed by atoms with Crippen LogP contribution in [-0.2, 0) is 0 Å². The van der Waals surface area contributed by atoms with Crippen LogP contribution < -0.4 is 5.32 Å². The lowest BCUT2D eigenvalue weighted by atomic mass is 9.90. The van der Waals surface area contributed by atoms with Crippen LogP contribution >= 0.6 is 31.9 Å². The lowest BCUT2D eigenvalue weighted by Crippen LogP contribution is -2.26. The Kier molecular flexibility index (Phi) is 3.63. The fourth-order valence-corrected chi connectivity index (χ4v) is 3.30. The average Bonchev–Trinajstić information content (AvgIpc) is 2.18. The summed E-state index contributed by atoms with van der Waals surface area (Å²) in [6.45, 7) is 2.30. The van der Waals surface area contributed by atoms with Gasteiger partial charge in [-0.05, 0) is 55.6 Å². The summed E-state index contributed by atoms with van der Waals surface area (Å²) in [6, 6.07) is 6.56. The second-order valence-electron chi connectivity index (χ2n) is 3.73. The van der Waals surface area contributed by atoms with Crippen LogP contribution in [0.2, 0.25) is 0 Å². The predicted molar refractivity (Wildman–Crippen MR) is 66.7 cm³/mol. The van der Waals surface area contributed by atoms with Gasteiger partial charge in [0.2, 0.25) is 0 Å². The fourth-order valence-electron chi connectivity index (χ4n) is 1.97. The molecule has 76 valence electrons. The molecule has 0 radical (unpaired) electrons. The summed E-state index contributed by atoms with van der Waals surface area (Å²) in [5.41, 5.74) is 1.45. The number of piperidine rings is 1. The first-order valence-electron chi connectivity index (χ1n) is 4.92. The Balaban J connectivity index is 2.21. The van der Waals surface area contributed by atoms with Gasteiger partial charge in [0, 0.05) is 8.95 Å². The van der Waals surface area contributed by atoms with Crippen molar-refractivity contribution in [1.29, 1.82) is 0 Å². The minimum atomic E-state index is 0.727. The zero-order valence-corrected chi connectivity index (χ0v) is 11.1. The predicted octanol–water partition coefficient (Wildman–Crippen LogP) is 3.68. The molecule has 0 saturated carbocycles. The van der Waals surface area contributed by atoms with Crippen molar-refractivity contribution in [3.8, 4) is 0 Å². The molecule has 1 aromatic rings. The van der Waals surface area contributed by atoms with E-state index in [1.807, 2.05) is 0 Å². The van der Waals surface area contributed by atoms with Crippen molar-refractivity contribution in [3.05, 3.63) is 32.7 Å². The van der Waals surface area contributed by atoms with Crippen LogP contribution in [0.25, 0.3) is 0 Å². The highest BCUT2D eigenvalue weighted by Gasteiger charge is 2.15. The molecule has 1 aliphatic rings. The lowest BCUT2D eigenvalue weighted by molar-refractivity contribution is 0.460. The van der Waals surface area contributed by atoms with E-state index in [1.54, 1.807) is 0 Å². The van der Waals surface area contributed by atoms with Gasteiger partial charge in [-0.3, -0.25) is 0 Å². The molecule has 1 nitrogen and oxygen atoms in total. The number of hydrogen-bond acceptors (Lipinski definition) is 1. The molecule has 0 spiro atoms. The Hall–Kier alpha value is 0.140. The van der Waals surface area contributed by atoms with Crippen molar-refractivity contribution in [2.24, 2.45) is 0 Å². The van der Waals surface area contributed by atoms with Crippen LogP contribution in [0.5, 0.6) is 0 Å². The molecule has 0 atom stereocenters. The zero-order valence-electron chi connectivity index (χ0n) is 7.89. The van der Waals surface area contributed by atoms with Gasteiger partial charge in [0.15, 0.2) is 0 Å². The molecule has 14 heavy (non-hydrogen) atoms. The van der Waals surface area contributed by atoms with E-state index in [0.717, 1.165) is 19.0 Å². The molecule has 1 aliphatic heterocycles. The summed E-state index contributed by atoms with van der Waals surface area (Å²) in [6.07, 6.45) is 2.51. The van der Waals surface area contributed by atoms with Gasteiger partial charge in [-0.25, -0.2) is 0 Å². The van der Waals surface area contributed by atoms with E-state index in [-0.39, 0.29) is 0 Å². The van der Waals surface area contributed by atoms with Gasteiger partial charge in [0.1, 0.15) is 0 Å². The highest BCUT2D eigenvalue weighted by atomic mass is 79.9. The number of rotatable bonds is 1. The summed E-state index contributed by atoms with van der Waals surface area (Å²) in [4.78, 5) is 0. The quantitative estimate of drug-likeness (QED) is 0.833. The van der Waals surface area contributed by atoms with Crippen LogP contribution in [0, 0.1) is 0 Å². The van der Waals surface area contributed by atoms with Crippen LogP contribution in [0.15, 0.2) is 27.1 Å². The van der Waals surface area contributed by atoms with Crippen molar-refractivity contribution in [2.75, 3.05) is 13.1 Å². The number of hydrogen-bond donors (Lipinski definition) is 1. The Morgan fingerprint density at radius 1 is 1.00 bits per heavy atom. The Morgan fingerprint density at radius 3 is 2.14 bits per heavy atom. The molecular formula is C11H13Br2N. The molecule has 0 aliphatic carbocycles. The maximum absolute atomic E-state index is 3.53. The van der Waals surface area contributed by atoms with E-state index in [9.17, 15) is 0 Å². The summed E-state index contributed by atoms with van der Waals surface area (Å²) >= 11 is 7.07. The summed E-state index contributed by atoms with van der Waals surface area (Å²) in [5, 5.41) is 3.39. The van der Waals surface area contributed by atoms with Gasteiger partial charge in [-0.1, -0.05) is 31.9 Å². The van der Waals surface area contributed by atoms with Gasteiger partial charge in [-0.15, -0.1) is 0 Å². The molecule has 1 N–H and O–H groups in total. The number of halogens is 2. The van der Waals surface area contributed by atoms with Crippen molar-refractivity contribution in [2.45, 2.75) is 18.8 Å². The second kappa shape index (κ2) is 4.77. The van der Waals surface area contributed by atoms with E-state index in [1.165, 1.54) is 27.4 Å². The molecular weight excluding hydrogens is 306 g/mol. The largest absolute Gasteiger partial charge is 0.317 e. The van der Waals surface area contributed by atoms with Gasteiger partial charge in [0.05, 0.1) is 0 Å². The zero-order chi connectivity index (χ0) is 9.97. The van der Waals surface area contributed by atoms with Gasteiger partial charge < -0.3 is 5.32 Å². The Bertz CT molecular complexity index is 299. The van der Waals surface area contributed by atoms with Gasteiger partial charge in [-0.2, -0.15) is 0 Å². The molecule has 0 unspecified atom stereocenters. The highest BCUT2D eigenvalue weighted by molar-refractivity contribution is 9.11. The van der Waals surface area contributed by atoms with Crippen LogP contribution in [0.1, 0.15) is 24.3 Å². The molecule has 1 aromatic carbocycles. The smallest absolute Gasteiger partial charge is 0.0189 e. The summed E-state index contributed by atoms with van der Waals surface area (Å²) in [5.74, 6) is 0.727. The SMILES string of the molecule is Brc1cc(Br)cc(C2CCNCC2)c1. The van der Waals surface area contributed by atoms with Crippen LogP contribution in [-0.4, -0.2) is 13.1 Å². The van der Waals surface area contributed by atoms with E-state index in [4.69, 9.17) is 0 Å². The van der Waals surface area contributed by atoms with Gasteiger partial charge in [0.25, 0.3) is 0 Å². The average molecular weight is 319 g/mol. The third kappa shape index (κ3) is 2.59. The Labute approximate surface area is 102 Å². The first-order valence-corrected chi connectivity index (χ1v) is 6.51. The van der Waals surface area contributed by atoms with Crippen molar-refractivity contribution < 1.29 is 0 Å². The van der Waals surface area contributed by atoms with Gasteiger partial charge >= 0.3 is 0 Å². The van der Waals surface area contributed by atoms with Crippen molar-refractivity contribution in [3.63, 3.8) is 0 Å². The molecule has 0 amide bonds. The van der Waals surface area contributed by atoms with E-state index < -0.39 is 0 Å². The molecule has 0 aromatic heterocycles. The van der Waals surface area contributed by atoms with Crippen LogP contribution in [0.3, 0.4) is 0 Å². The third-order valence-electron chi connectivity index (χ3n) is 2.70. The summed E-state index contributed by atoms with van der Waals surface area (Å²) in [7, 11) is 0. The standard InChI is InChI=1S/C11H13Br2N/c12-10-5-9(6-11(13)7-10)8-1-3-14-4-2-8/h5-8,14H,1-4H2. The minimum Gasteiger partial charge on any atom is -0.317 e. The molecule has 1 fully saturated rings. The normalized spacial score (nSPS) is 18.4. The maximum Gasteiger partial charge on any atom is 0.0189 e. The van der Waals surface area contributed by atoms with Crippen molar-refractivity contribution in [1.82, 2.24) is 5.32 Å². The molecule has 2 rings (SSSR count). The van der Waals surface area contributed by atoms with E-state index >= 15 is 0 Å². The molecule has 3 heteroatoms. The minimum absolute atomic E-state index is 0.727. The summed E-state index contributed by atoms with van der Waals surface area (Å²) < 4.78 is 2.33. The molecule has 1 heterocycles. The topological polar surface area (TPSA) is 12.0 Å². The number of benzene rings is 1. The number of nitrogens with one attached hydrogen (secondary N) is 1. The lowest BCUT2D eigenvalue weighted by Gasteiger charge is -2.23. The Morgan fingerprint density at radius 2 is 1.57 bits per heavy atom. The molecule has 1 saturated heterocycles. The highest BCUT2D eigenvalue weighted by Crippen LogP contribution is 2.30. The van der Waals surface area contributed by atoms with E-state index in [2.05, 4.69) is 55.4 Å². The van der Waals surface area contributed by atoms with Crippen LogP contribution in [0.4, 0.5) is 0 Å². The first kappa shape index (κ1) is 10.7.